The van der Waals surface area contributed by atoms with E-state index in [-0.39, 0.29) is 0 Å². The summed E-state index contributed by atoms with van der Waals surface area (Å²) in [6.07, 6.45) is 7.45. The average molecular weight is 267 g/mol. The molecule has 0 bridgehead atoms. The highest BCUT2D eigenvalue weighted by Gasteiger charge is 2.07. The number of fused-ring (bicyclic) bond motifs is 1. The number of nitrogens with one attached hydrogen (secondary N) is 1. The molecule has 1 aromatic carbocycles. The third-order valence-electron chi connectivity index (χ3n) is 2.97. The van der Waals surface area contributed by atoms with Crippen LogP contribution in [-0.2, 0) is 0 Å². The fourth-order valence-corrected chi connectivity index (χ4v) is 2.53. The van der Waals surface area contributed by atoms with E-state index >= 15 is 0 Å². The van der Waals surface area contributed by atoms with Crippen LogP contribution in [0.4, 0.5) is 5.69 Å². The van der Waals surface area contributed by atoms with E-state index in [0.29, 0.717) is 0 Å². The van der Waals surface area contributed by atoms with E-state index < -0.39 is 0 Å². The lowest BCUT2D eigenvalue weighted by atomic mass is 10.0. The molecule has 0 aliphatic rings. The van der Waals surface area contributed by atoms with Crippen LogP contribution in [0.2, 0.25) is 0 Å². The molecule has 19 heavy (non-hydrogen) atoms. The lowest BCUT2D eigenvalue weighted by Crippen LogP contribution is -1.91. The second-order valence-corrected chi connectivity index (χ2v) is 4.71. The van der Waals surface area contributed by atoms with E-state index in [1.807, 2.05) is 43.0 Å². The van der Waals surface area contributed by atoms with Crippen molar-refractivity contribution in [3.8, 4) is 11.1 Å². The molecule has 2 heterocycles. The Morgan fingerprint density at radius 2 is 1.84 bits per heavy atom. The smallest absolute Gasteiger partial charge is 0.0947 e. The maximum atomic E-state index is 4.49. The number of hydrogen-bond donors (Lipinski definition) is 1. The quantitative estimate of drug-likeness (QED) is 0.728. The number of aromatic nitrogens is 2. The molecule has 3 nitrogen and oxygen atoms in total. The maximum Gasteiger partial charge on any atom is 0.0947 e. The van der Waals surface area contributed by atoms with Crippen molar-refractivity contribution in [3.63, 3.8) is 0 Å². The van der Waals surface area contributed by atoms with Crippen LogP contribution in [0.15, 0.2) is 55.0 Å². The third kappa shape index (κ3) is 2.27. The number of hydrogen-bond acceptors (Lipinski definition) is 4. The third-order valence-corrected chi connectivity index (χ3v) is 3.40. The van der Waals surface area contributed by atoms with Crippen LogP contribution in [0.1, 0.15) is 0 Å². The number of anilines is 1. The number of rotatable bonds is 3. The van der Waals surface area contributed by atoms with Crippen LogP contribution in [0, 0.1) is 0 Å². The first-order chi connectivity index (χ1) is 9.40. The molecule has 3 aromatic rings. The fraction of sp³-hybridized carbons (Fsp3) is 0.0667. The lowest BCUT2D eigenvalue weighted by Gasteiger charge is -2.10. The fourth-order valence-electron chi connectivity index (χ4n) is 2.15. The van der Waals surface area contributed by atoms with Crippen molar-refractivity contribution >= 4 is 28.5 Å². The van der Waals surface area contributed by atoms with E-state index in [1.165, 1.54) is 5.56 Å². The van der Waals surface area contributed by atoms with Gasteiger partial charge in [-0.1, -0.05) is 24.1 Å². The van der Waals surface area contributed by atoms with Crippen molar-refractivity contribution < 1.29 is 0 Å². The summed E-state index contributed by atoms with van der Waals surface area (Å²) in [5.41, 5.74) is 4.37. The number of nitrogens with zero attached hydrogens (tertiary/aromatic N) is 2. The van der Waals surface area contributed by atoms with Crippen LogP contribution in [0.3, 0.4) is 0 Å². The Balaban J connectivity index is 2.25. The van der Waals surface area contributed by atoms with Gasteiger partial charge in [-0.25, -0.2) is 0 Å². The van der Waals surface area contributed by atoms with Crippen molar-refractivity contribution in [3.05, 3.63) is 55.0 Å². The molecular weight excluding hydrogens is 254 g/mol. The van der Waals surface area contributed by atoms with Crippen LogP contribution in [0.25, 0.3) is 22.0 Å². The number of pyridine rings is 2. The molecule has 0 saturated heterocycles. The van der Waals surface area contributed by atoms with Crippen LogP contribution in [-0.4, -0.2) is 16.2 Å². The first-order valence-corrected chi connectivity index (χ1v) is 7.20. The summed E-state index contributed by atoms with van der Waals surface area (Å²) in [4.78, 5) is 8.56. The van der Waals surface area contributed by atoms with E-state index in [1.54, 1.807) is 11.9 Å². The van der Waals surface area contributed by atoms with Gasteiger partial charge in [0.05, 0.1) is 11.2 Å². The topological polar surface area (TPSA) is 37.8 Å². The highest BCUT2D eigenvalue weighted by Crippen LogP contribution is 2.32. The molecule has 0 unspecified atom stereocenters. The molecule has 0 radical (unpaired) electrons. The Hall–Kier alpha value is -2.07. The molecule has 0 fully saturated rings. The van der Waals surface area contributed by atoms with Crippen LogP contribution < -0.4 is 4.72 Å². The highest BCUT2D eigenvalue weighted by molar-refractivity contribution is 7.99. The van der Waals surface area contributed by atoms with Gasteiger partial charge >= 0.3 is 0 Å². The molecular formula is C15H13N3S. The molecule has 2 aromatic heterocycles. The summed E-state index contributed by atoms with van der Waals surface area (Å²) in [6.45, 7) is 0. The Kier molecular flexibility index (Phi) is 3.33. The average Bonchev–Trinajstić information content (AvgIpc) is 2.49. The predicted molar refractivity (Wildman–Crippen MR) is 82.1 cm³/mol. The second-order valence-electron chi connectivity index (χ2n) is 4.10. The van der Waals surface area contributed by atoms with E-state index in [4.69, 9.17) is 0 Å². The first-order valence-electron chi connectivity index (χ1n) is 5.97. The van der Waals surface area contributed by atoms with Gasteiger partial charge in [0.2, 0.25) is 0 Å². The van der Waals surface area contributed by atoms with Crippen molar-refractivity contribution in [1.82, 2.24) is 9.97 Å². The number of benzene rings is 1. The zero-order valence-corrected chi connectivity index (χ0v) is 11.3. The lowest BCUT2D eigenvalue weighted by molar-refractivity contribution is 1.33. The summed E-state index contributed by atoms with van der Waals surface area (Å²) in [7, 11) is 0. The van der Waals surface area contributed by atoms with Crippen LogP contribution in [0.5, 0.6) is 0 Å². The molecule has 3 rings (SSSR count). The van der Waals surface area contributed by atoms with E-state index in [0.717, 1.165) is 22.2 Å². The van der Waals surface area contributed by atoms with Gasteiger partial charge in [0, 0.05) is 30.2 Å². The Morgan fingerprint density at radius 3 is 2.63 bits per heavy atom. The summed E-state index contributed by atoms with van der Waals surface area (Å²) >= 11 is 1.57. The molecule has 0 aliphatic carbocycles. The molecule has 0 amide bonds. The van der Waals surface area contributed by atoms with Gasteiger partial charge in [-0.2, -0.15) is 0 Å². The maximum absolute atomic E-state index is 4.49. The van der Waals surface area contributed by atoms with Gasteiger partial charge in [0.1, 0.15) is 0 Å². The zero-order valence-electron chi connectivity index (χ0n) is 10.5. The van der Waals surface area contributed by atoms with Crippen molar-refractivity contribution in [2.45, 2.75) is 0 Å². The monoisotopic (exact) mass is 267 g/mol. The summed E-state index contributed by atoms with van der Waals surface area (Å²) in [5, 5.41) is 1.15. The SMILES string of the molecule is CSNc1ccc(-c2ccncc2)c2cccnc12. The van der Waals surface area contributed by atoms with Gasteiger partial charge in [-0.3, -0.25) is 9.97 Å². The standard InChI is InChI=1S/C15H13N3S/c1-19-18-14-5-4-12(11-6-9-16-10-7-11)13-3-2-8-17-15(13)14/h2-10,18H,1H3. The molecule has 0 saturated carbocycles. The predicted octanol–water partition coefficient (Wildman–Crippen LogP) is 3.99. The van der Waals surface area contributed by atoms with Gasteiger partial charge < -0.3 is 4.72 Å². The first kappa shape index (κ1) is 12.0. The minimum Gasteiger partial charge on any atom is -0.328 e. The van der Waals surface area contributed by atoms with E-state index in [2.05, 4.69) is 32.9 Å². The molecule has 0 atom stereocenters. The molecule has 0 aliphatic heterocycles. The second kappa shape index (κ2) is 5.28. The Morgan fingerprint density at radius 1 is 1.00 bits per heavy atom. The van der Waals surface area contributed by atoms with Crippen molar-refractivity contribution in [2.24, 2.45) is 0 Å². The summed E-state index contributed by atoms with van der Waals surface area (Å²) in [6, 6.07) is 12.3. The molecule has 0 spiro atoms. The summed E-state index contributed by atoms with van der Waals surface area (Å²) < 4.78 is 3.27. The summed E-state index contributed by atoms with van der Waals surface area (Å²) in [5.74, 6) is 0. The largest absolute Gasteiger partial charge is 0.328 e. The van der Waals surface area contributed by atoms with Gasteiger partial charge in [-0.05, 0) is 35.4 Å². The van der Waals surface area contributed by atoms with Crippen molar-refractivity contribution in [2.75, 3.05) is 11.0 Å². The minimum absolute atomic E-state index is 0.992. The van der Waals surface area contributed by atoms with Gasteiger partial charge in [0.15, 0.2) is 0 Å². The van der Waals surface area contributed by atoms with E-state index in [9.17, 15) is 0 Å². The van der Waals surface area contributed by atoms with Gasteiger partial charge in [-0.15, -0.1) is 0 Å². The Bertz CT molecular complexity index is 698. The van der Waals surface area contributed by atoms with Gasteiger partial charge in [0.25, 0.3) is 0 Å². The van der Waals surface area contributed by atoms with Crippen molar-refractivity contribution in [1.29, 1.82) is 0 Å². The molecule has 94 valence electrons. The highest BCUT2D eigenvalue weighted by atomic mass is 32.2. The normalized spacial score (nSPS) is 10.6. The molecule has 1 N–H and O–H groups in total. The minimum atomic E-state index is 0.992. The molecule has 4 heteroatoms. The zero-order chi connectivity index (χ0) is 13.1. The van der Waals surface area contributed by atoms with Crippen LogP contribution >= 0.6 is 11.9 Å². The Labute approximate surface area is 116 Å².